The van der Waals surface area contributed by atoms with E-state index in [9.17, 15) is 4.79 Å². The summed E-state index contributed by atoms with van der Waals surface area (Å²) in [6.07, 6.45) is 1.56. The molecule has 5 N–H and O–H groups in total. The number of hydrogen-bond acceptors (Lipinski definition) is 4. The Morgan fingerprint density at radius 3 is 2.94 bits per heavy atom. The summed E-state index contributed by atoms with van der Waals surface area (Å²) in [5.74, 6) is 0.494. The molecule has 3 unspecified atom stereocenters. The maximum Gasteiger partial charge on any atom is 0.238 e. The molecule has 1 saturated heterocycles. The van der Waals surface area contributed by atoms with Crippen molar-refractivity contribution in [2.45, 2.75) is 31.0 Å². The van der Waals surface area contributed by atoms with Gasteiger partial charge in [0, 0.05) is 18.9 Å². The molecule has 1 aliphatic heterocycles. The number of hydrazine groups is 1. The van der Waals surface area contributed by atoms with E-state index in [0.717, 1.165) is 6.42 Å². The Morgan fingerprint density at radius 2 is 2.22 bits per heavy atom. The third-order valence-electron chi connectivity index (χ3n) is 3.73. The first-order valence-corrected chi connectivity index (χ1v) is 6.36. The van der Waals surface area contributed by atoms with Crippen LogP contribution in [0.1, 0.15) is 23.5 Å². The van der Waals surface area contributed by atoms with Crippen LogP contribution in [0.15, 0.2) is 24.3 Å². The molecule has 1 aromatic rings. The molecule has 0 aromatic heterocycles. The third kappa shape index (κ3) is 2.12. The molecular weight excluding hydrogens is 228 g/mol. The molecule has 1 aliphatic carbocycles. The van der Waals surface area contributed by atoms with Crippen LogP contribution in [0.25, 0.3) is 0 Å². The highest BCUT2D eigenvalue weighted by atomic mass is 16.2. The Kier molecular flexibility index (Phi) is 3.03. The highest BCUT2D eigenvalue weighted by molar-refractivity contribution is 5.82. The summed E-state index contributed by atoms with van der Waals surface area (Å²) in [5.41, 5.74) is 14.2. The largest absolute Gasteiger partial charge is 0.354 e. The highest BCUT2D eigenvalue weighted by Crippen LogP contribution is 2.33. The van der Waals surface area contributed by atoms with Gasteiger partial charge in [0.15, 0.2) is 0 Å². The van der Waals surface area contributed by atoms with Gasteiger partial charge in [-0.2, -0.15) is 0 Å². The topological polar surface area (TPSA) is 79.2 Å². The number of carbonyl (C=O) groups is 1. The van der Waals surface area contributed by atoms with E-state index < -0.39 is 0 Å². The van der Waals surface area contributed by atoms with Crippen LogP contribution in [0.3, 0.4) is 0 Å². The van der Waals surface area contributed by atoms with E-state index in [-0.39, 0.29) is 18.1 Å². The van der Waals surface area contributed by atoms with Gasteiger partial charge in [-0.3, -0.25) is 4.79 Å². The molecule has 0 saturated carbocycles. The Hall–Kier alpha value is -1.43. The molecule has 0 bridgehead atoms. The molecule has 18 heavy (non-hydrogen) atoms. The van der Waals surface area contributed by atoms with Crippen molar-refractivity contribution in [3.63, 3.8) is 0 Å². The zero-order valence-corrected chi connectivity index (χ0v) is 10.1. The zero-order chi connectivity index (χ0) is 12.5. The zero-order valence-electron chi connectivity index (χ0n) is 10.1. The standard InChI is InChI=1S/C13H18N4O/c14-12-6-11(16-17-12)13(18)15-7-9-5-8-3-1-2-4-10(8)9/h1-4,9,11-12,16-17H,5-7,14H2,(H,15,18). The van der Waals surface area contributed by atoms with E-state index >= 15 is 0 Å². The van der Waals surface area contributed by atoms with Gasteiger partial charge in [-0.1, -0.05) is 24.3 Å². The second-order valence-electron chi connectivity index (χ2n) is 5.03. The summed E-state index contributed by atoms with van der Waals surface area (Å²) in [6.45, 7) is 0.712. The smallest absolute Gasteiger partial charge is 0.238 e. The number of benzene rings is 1. The second kappa shape index (κ2) is 4.68. The lowest BCUT2D eigenvalue weighted by atomic mass is 9.77. The summed E-state index contributed by atoms with van der Waals surface area (Å²) in [7, 11) is 0. The van der Waals surface area contributed by atoms with Gasteiger partial charge in [-0.05, 0) is 17.5 Å². The minimum Gasteiger partial charge on any atom is -0.354 e. The number of nitrogens with two attached hydrogens (primary N) is 1. The maximum atomic E-state index is 11.9. The number of carbonyl (C=O) groups excluding carboxylic acids is 1. The Bertz CT molecular complexity index is 462. The SMILES string of the molecule is NC1CC(C(=O)NCC2Cc3ccccc32)NN1. The summed E-state index contributed by atoms with van der Waals surface area (Å²) in [4.78, 5) is 11.9. The average molecular weight is 246 g/mol. The van der Waals surface area contributed by atoms with Crippen molar-refractivity contribution in [3.05, 3.63) is 35.4 Å². The average Bonchev–Trinajstić information content (AvgIpc) is 2.77. The lowest BCUT2D eigenvalue weighted by Crippen LogP contribution is -2.45. The van der Waals surface area contributed by atoms with Gasteiger partial charge in [0.2, 0.25) is 5.91 Å². The van der Waals surface area contributed by atoms with Gasteiger partial charge < -0.3 is 11.1 Å². The van der Waals surface area contributed by atoms with Crippen molar-refractivity contribution >= 4 is 5.91 Å². The first-order chi connectivity index (χ1) is 8.74. The Labute approximate surface area is 106 Å². The summed E-state index contributed by atoms with van der Waals surface area (Å²) < 4.78 is 0. The molecular formula is C13H18N4O. The third-order valence-corrected chi connectivity index (χ3v) is 3.73. The van der Waals surface area contributed by atoms with Crippen LogP contribution < -0.4 is 21.9 Å². The quantitative estimate of drug-likeness (QED) is 0.585. The predicted octanol–water partition coefficient (Wildman–Crippen LogP) is -0.406. The molecule has 3 atom stereocenters. The first kappa shape index (κ1) is 11.6. The van der Waals surface area contributed by atoms with E-state index in [0.29, 0.717) is 18.9 Å². The van der Waals surface area contributed by atoms with E-state index in [1.807, 2.05) is 6.07 Å². The van der Waals surface area contributed by atoms with Gasteiger partial charge >= 0.3 is 0 Å². The molecule has 1 aromatic carbocycles. The Balaban J connectivity index is 1.50. The lowest BCUT2D eigenvalue weighted by Gasteiger charge is -2.30. The minimum absolute atomic E-state index is 0.0276. The first-order valence-electron chi connectivity index (χ1n) is 6.36. The Morgan fingerprint density at radius 1 is 1.39 bits per heavy atom. The molecule has 1 heterocycles. The van der Waals surface area contributed by atoms with Crippen molar-refractivity contribution in [2.24, 2.45) is 5.73 Å². The number of fused-ring (bicyclic) bond motifs is 1. The molecule has 1 fully saturated rings. The van der Waals surface area contributed by atoms with Crippen LogP contribution in [0.2, 0.25) is 0 Å². The van der Waals surface area contributed by atoms with Crippen LogP contribution in [-0.2, 0) is 11.2 Å². The summed E-state index contributed by atoms with van der Waals surface area (Å²) in [5, 5.41) is 2.99. The molecule has 1 amide bonds. The molecule has 5 heteroatoms. The van der Waals surface area contributed by atoms with Crippen molar-refractivity contribution in [1.82, 2.24) is 16.2 Å². The predicted molar refractivity (Wildman–Crippen MR) is 68.5 cm³/mol. The van der Waals surface area contributed by atoms with Gasteiger partial charge in [0.25, 0.3) is 0 Å². The van der Waals surface area contributed by atoms with Crippen LogP contribution in [0.5, 0.6) is 0 Å². The van der Waals surface area contributed by atoms with Gasteiger partial charge in [-0.25, -0.2) is 10.9 Å². The van der Waals surface area contributed by atoms with Crippen LogP contribution >= 0.6 is 0 Å². The van der Waals surface area contributed by atoms with E-state index in [1.165, 1.54) is 11.1 Å². The fraction of sp³-hybridized carbons (Fsp3) is 0.462. The van der Waals surface area contributed by atoms with E-state index in [2.05, 4.69) is 34.4 Å². The van der Waals surface area contributed by atoms with Crippen LogP contribution in [0, 0.1) is 0 Å². The number of hydrogen-bond donors (Lipinski definition) is 4. The molecule has 2 aliphatic rings. The number of amides is 1. The number of nitrogens with one attached hydrogen (secondary N) is 3. The summed E-state index contributed by atoms with van der Waals surface area (Å²) in [6, 6.07) is 8.18. The van der Waals surface area contributed by atoms with E-state index in [1.54, 1.807) is 0 Å². The molecule has 0 radical (unpaired) electrons. The van der Waals surface area contributed by atoms with Crippen molar-refractivity contribution in [3.8, 4) is 0 Å². The summed E-state index contributed by atoms with van der Waals surface area (Å²) >= 11 is 0. The second-order valence-corrected chi connectivity index (χ2v) is 5.03. The van der Waals surface area contributed by atoms with Crippen molar-refractivity contribution < 1.29 is 4.79 Å². The van der Waals surface area contributed by atoms with Gasteiger partial charge in [0.1, 0.15) is 6.04 Å². The number of rotatable bonds is 3. The van der Waals surface area contributed by atoms with Crippen molar-refractivity contribution in [2.75, 3.05) is 6.54 Å². The van der Waals surface area contributed by atoms with E-state index in [4.69, 9.17) is 5.73 Å². The fourth-order valence-electron chi connectivity index (χ4n) is 2.64. The molecule has 5 nitrogen and oxygen atoms in total. The monoisotopic (exact) mass is 246 g/mol. The van der Waals surface area contributed by atoms with Crippen LogP contribution in [0.4, 0.5) is 0 Å². The fourth-order valence-corrected chi connectivity index (χ4v) is 2.64. The molecule has 3 rings (SSSR count). The highest BCUT2D eigenvalue weighted by Gasteiger charge is 2.29. The van der Waals surface area contributed by atoms with Gasteiger partial charge in [-0.15, -0.1) is 0 Å². The van der Waals surface area contributed by atoms with Crippen LogP contribution in [-0.4, -0.2) is 24.7 Å². The normalized spacial score (nSPS) is 29.5. The van der Waals surface area contributed by atoms with Gasteiger partial charge in [0.05, 0.1) is 6.17 Å². The maximum absolute atomic E-state index is 11.9. The minimum atomic E-state index is -0.213. The van der Waals surface area contributed by atoms with Crippen molar-refractivity contribution in [1.29, 1.82) is 0 Å². The lowest BCUT2D eigenvalue weighted by molar-refractivity contribution is -0.123. The molecule has 0 spiro atoms. The molecule has 96 valence electrons.